The number of rotatable bonds is 7. The SMILES string of the molecule is Cc1ccc(OCCC(=O)NCc2nc(-c3ccncc3)cs2)cc1C. The van der Waals surface area contributed by atoms with Gasteiger partial charge in [0.2, 0.25) is 5.91 Å². The van der Waals surface area contributed by atoms with Crippen molar-refractivity contribution in [3.8, 4) is 17.0 Å². The summed E-state index contributed by atoms with van der Waals surface area (Å²) >= 11 is 1.53. The van der Waals surface area contributed by atoms with Crippen molar-refractivity contribution in [2.24, 2.45) is 0 Å². The van der Waals surface area contributed by atoms with E-state index in [2.05, 4.69) is 22.2 Å². The quantitative estimate of drug-likeness (QED) is 0.688. The van der Waals surface area contributed by atoms with E-state index < -0.39 is 0 Å². The summed E-state index contributed by atoms with van der Waals surface area (Å²) < 4.78 is 5.65. The molecule has 0 bridgehead atoms. The van der Waals surface area contributed by atoms with Crippen molar-refractivity contribution >= 4 is 17.2 Å². The first-order chi connectivity index (χ1) is 12.6. The van der Waals surface area contributed by atoms with Crippen LogP contribution in [0, 0.1) is 13.8 Å². The molecule has 1 N–H and O–H groups in total. The molecule has 1 aromatic carbocycles. The molecule has 5 nitrogen and oxygen atoms in total. The van der Waals surface area contributed by atoms with Crippen LogP contribution in [0.15, 0.2) is 48.1 Å². The number of aromatic nitrogens is 2. The molecule has 26 heavy (non-hydrogen) atoms. The molecule has 0 spiro atoms. The first kappa shape index (κ1) is 18.1. The van der Waals surface area contributed by atoms with Crippen molar-refractivity contribution in [2.75, 3.05) is 6.61 Å². The fourth-order valence-corrected chi connectivity index (χ4v) is 3.12. The Kier molecular flexibility index (Phi) is 5.96. The smallest absolute Gasteiger partial charge is 0.223 e. The second-order valence-corrected chi connectivity index (χ2v) is 6.93. The van der Waals surface area contributed by atoms with Crippen LogP contribution >= 0.6 is 11.3 Å². The second kappa shape index (κ2) is 8.58. The van der Waals surface area contributed by atoms with Gasteiger partial charge in [-0.25, -0.2) is 4.98 Å². The van der Waals surface area contributed by atoms with E-state index in [1.54, 1.807) is 12.4 Å². The number of aryl methyl sites for hydroxylation is 2. The molecule has 0 atom stereocenters. The summed E-state index contributed by atoms with van der Waals surface area (Å²) in [6.45, 7) is 4.89. The molecule has 0 saturated heterocycles. The van der Waals surface area contributed by atoms with Crippen LogP contribution in [0.3, 0.4) is 0 Å². The summed E-state index contributed by atoms with van der Waals surface area (Å²) in [6, 6.07) is 9.77. The van der Waals surface area contributed by atoms with Crippen LogP contribution < -0.4 is 10.1 Å². The highest BCUT2D eigenvalue weighted by Crippen LogP contribution is 2.21. The van der Waals surface area contributed by atoms with Gasteiger partial charge in [0.25, 0.3) is 0 Å². The van der Waals surface area contributed by atoms with Crippen molar-refractivity contribution in [1.82, 2.24) is 15.3 Å². The number of benzene rings is 1. The summed E-state index contributed by atoms with van der Waals surface area (Å²) in [6.07, 6.45) is 3.80. The molecule has 1 amide bonds. The van der Waals surface area contributed by atoms with Gasteiger partial charge in [-0.05, 0) is 49.2 Å². The van der Waals surface area contributed by atoms with Gasteiger partial charge in [-0.15, -0.1) is 11.3 Å². The maximum Gasteiger partial charge on any atom is 0.223 e. The molecule has 0 aliphatic rings. The Morgan fingerprint density at radius 1 is 1.15 bits per heavy atom. The molecule has 0 fully saturated rings. The van der Waals surface area contributed by atoms with E-state index in [9.17, 15) is 4.79 Å². The molecule has 3 aromatic rings. The van der Waals surface area contributed by atoms with E-state index >= 15 is 0 Å². The van der Waals surface area contributed by atoms with Gasteiger partial charge in [0, 0.05) is 23.3 Å². The predicted molar refractivity (Wildman–Crippen MR) is 103 cm³/mol. The first-order valence-electron chi connectivity index (χ1n) is 8.43. The molecule has 0 radical (unpaired) electrons. The summed E-state index contributed by atoms with van der Waals surface area (Å²) in [5, 5.41) is 5.75. The Labute approximate surface area is 157 Å². The van der Waals surface area contributed by atoms with E-state index in [1.165, 1.54) is 22.5 Å². The van der Waals surface area contributed by atoms with Crippen molar-refractivity contribution in [1.29, 1.82) is 0 Å². The number of hydrogen-bond donors (Lipinski definition) is 1. The number of carbonyl (C=O) groups excluding carboxylic acids is 1. The highest BCUT2D eigenvalue weighted by Gasteiger charge is 2.07. The average Bonchev–Trinajstić information content (AvgIpc) is 3.13. The van der Waals surface area contributed by atoms with Crippen LogP contribution in [0.1, 0.15) is 22.6 Å². The van der Waals surface area contributed by atoms with E-state index in [0.717, 1.165) is 22.0 Å². The minimum absolute atomic E-state index is 0.0468. The zero-order chi connectivity index (χ0) is 18.4. The van der Waals surface area contributed by atoms with Gasteiger partial charge in [-0.1, -0.05) is 6.07 Å². The largest absolute Gasteiger partial charge is 0.493 e. The third kappa shape index (κ3) is 4.89. The number of thiazole rings is 1. The van der Waals surface area contributed by atoms with Crippen LogP contribution in [0.4, 0.5) is 0 Å². The maximum atomic E-state index is 12.0. The third-order valence-corrected chi connectivity index (χ3v) is 4.89. The highest BCUT2D eigenvalue weighted by atomic mass is 32.1. The highest BCUT2D eigenvalue weighted by molar-refractivity contribution is 7.09. The van der Waals surface area contributed by atoms with Gasteiger partial charge >= 0.3 is 0 Å². The van der Waals surface area contributed by atoms with Gasteiger partial charge in [0.05, 0.1) is 25.3 Å². The molecule has 2 aromatic heterocycles. The first-order valence-corrected chi connectivity index (χ1v) is 9.31. The molecule has 3 rings (SSSR count). The van der Waals surface area contributed by atoms with Gasteiger partial charge < -0.3 is 10.1 Å². The summed E-state index contributed by atoms with van der Waals surface area (Å²) in [5.41, 5.74) is 4.33. The monoisotopic (exact) mass is 367 g/mol. The number of amides is 1. The molecule has 0 aliphatic carbocycles. The summed E-state index contributed by atoms with van der Waals surface area (Å²) in [5.74, 6) is 0.748. The number of ether oxygens (including phenoxy) is 1. The maximum absolute atomic E-state index is 12.0. The number of nitrogens with one attached hydrogen (secondary N) is 1. The lowest BCUT2D eigenvalue weighted by Gasteiger charge is -2.08. The van der Waals surface area contributed by atoms with Crippen LogP contribution in [0.5, 0.6) is 5.75 Å². The molecule has 0 aliphatic heterocycles. The standard InChI is InChI=1S/C20H21N3O2S/c1-14-3-4-17(11-15(14)2)25-10-7-19(24)22-12-20-23-18(13-26-20)16-5-8-21-9-6-16/h3-6,8-9,11,13H,7,10,12H2,1-2H3,(H,22,24). The fourth-order valence-electron chi connectivity index (χ4n) is 2.38. The van der Waals surface area contributed by atoms with Gasteiger partial charge in [-0.3, -0.25) is 9.78 Å². The zero-order valence-electron chi connectivity index (χ0n) is 14.9. The van der Waals surface area contributed by atoms with E-state index in [4.69, 9.17) is 4.74 Å². The number of pyridine rings is 1. The van der Waals surface area contributed by atoms with Crippen molar-refractivity contribution in [2.45, 2.75) is 26.8 Å². The van der Waals surface area contributed by atoms with Crippen molar-refractivity contribution in [3.05, 3.63) is 64.2 Å². The average molecular weight is 367 g/mol. The molecule has 0 unspecified atom stereocenters. The summed E-state index contributed by atoms with van der Waals surface area (Å²) in [7, 11) is 0. The topological polar surface area (TPSA) is 64.1 Å². The normalized spacial score (nSPS) is 10.5. The molecule has 0 saturated carbocycles. The molecule has 134 valence electrons. The molecular formula is C20H21N3O2S. The Morgan fingerprint density at radius 3 is 2.73 bits per heavy atom. The Bertz CT molecular complexity index is 878. The van der Waals surface area contributed by atoms with Crippen LogP contribution in [0.25, 0.3) is 11.3 Å². The van der Waals surface area contributed by atoms with Gasteiger partial charge in [0.15, 0.2) is 0 Å². The molecular weight excluding hydrogens is 346 g/mol. The number of hydrogen-bond acceptors (Lipinski definition) is 5. The van der Waals surface area contributed by atoms with Crippen LogP contribution in [-0.2, 0) is 11.3 Å². The van der Waals surface area contributed by atoms with Gasteiger partial charge in [-0.2, -0.15) is 0 Å². The molecule has 2 heterocycles. The summed E-state index contributed by atoms with van der Waals surface area (Å²) in [4.78, 5) is 20.5. The number of carbonyl (C=O) groups is 1. The van der Waals surface area contributed by atoms with E-state index in [-0.39, 0.29) is 5.91 Å². The lowest BCUT2D eigenvalue weighted by molar-refractivity contribution is -0.121. The third-order valence-electron chi connectivity index (χ3n) is 4.04. The van der Waals surface area contributed by atoms with Gasteiger partial charge in [0.1, 0.15) is 10.8 Å². The predicted octanol–water partition coefficient (Wildman–Crippen LogP) is 3.91. The Hall–Kier alpha value is -2.73. The lowest BCUT2D eigenvalue weighted by Crippen LogP contribution is -2.24. The van der Waals surface area contributed by atoms with Crippen molar-refractivity contribution in [3.63, 3.8) is 0 Å². The Balaban J connectivity index is 1.43. The minimum atomic E-state index is -0.0468. The molecule has 6 heteroatoms. The van der Waals surface area contributed by atoms with Crippen LogP contribution in [-0.4, -0.2) is 22.5 Å². The Morgan fingerprint density at radius 2 is 1.96 bits per heavy atom. The minimum Gasteiger partial charge on any atom is -0.493 e. The van der Waals surface area contributed by atoms with E-state index in [0.29, 0.717) is 19.6 Å². The van der Waals surface area contributed by atoms with Crippen LogP contribution in [0.2, 0.25) is 0 Å². The second-order valence-electron chi connectivity index (χ2n) is 5.98. The lowest BCUT2D eigenvalue weighted by atomic mass is 10.1. The van der Waals surface area contributed by atoms with Crippen molar-refractivity contribution < 1.29 is 9.53 Å². The fraction of sp³-hybridized carbons (Fsp3) is 0.250. The number of nitrogens with zero attached hydrogens (tertiary/aromatic N) is 2. The zero-order valence-corrected chi connectivity index (χ0v) is 15.7. The van der Waals surface area contributed by atoms with E-state index in [1.807, 2.05) is 42.6 Å².